The number of hydrogen-bond acceptors (Lipinski definition) is 2. The standard InChI is InChI=1S/C6H8O2.Cu/c7-5-2-1-3-6(8)4-5;/h1-4H2;. The van der Waals surface area contributed by atoms with Crippen molar-refractivity contribution in [1.29, 1.82) is 0 Å². The maximum atomic E-state index is 10.5. The van der Waals surface area contributed by atoms with Crippen molar-refractivity contribution < 1.29 is 26.7 Å². The Morgan fingerprint density at radius 3 is 1.67 bits per heavy atom. The zero-order valence-corrected chi connectivity index (χ0v) is 5.89. The third kappa shape index (κ3) is 2.78. The van der Waals surface area contributed by atoms with Crippen LogP contribution in [0.2, 0.25) is 0 Å². The van der Waals surface area contributed by atoms with Gasteiger partial charge >= 0.3 is 0 Å². The van der Waals surface area contributed by atoms with E-state index in [0.29, 0.717) is 12.8 Å². The molecule has 0 amide bonds. The first-order valence-corrected chi connectivity index (χ1v) is 2.82. The molecule has 0 aromatic rings. The zero-order chi connectivity index (χ0) is 5.98. The number of Topliss-reactive ketones (excluding diaryl/α,β-unsaturated/α-hetero) is 2. The number of hydrogen-bond donors (Lipinski definition) is 0. The van der Waals surface area contributed by atoms with Gasteiger partial charge < -0.3 is 0 Å². The smallest absolute Gasteiger partial charge is 0.140 e. The summed E-state index contributed by atoms with van der Waals surface area (Å²) in [6.07, 6.45) is 2.20. The van der Waals surface area contributed by atoms with E-state index in [-0.39, 0.29) is 35.1 Å². The molecule has 1 rings (SSSR count). The Balaban J connectivity index is 0.000000640. The van der Waals surface area contributed by atoms with E-state index >= 15 is 0 Å². The maximum absolute atomic E-state index is 10.5. The molecule has 1 aliphatic rings. The Morgan fingerprint density at radius 2 is 1.44 bits per heavy atom. The van der Waals surface area contributed by atoms with E-state index < -0.39 is 0 Å². The van der Waals surface area contributed by atoms with Crippen molar-refractivity contribution in [1.82, 2.24) is 0 Å². The number of ketones is 2. The van der Waals surface area contributed by atoms with Crippen LogP contribution in [-0.2, 0) is 26.7 Å². The molecule has 0 aromatic carbocycles. The van der Waals surface area contributed by atoms with Crippen molar-refractivity contribution >= 4 is 11.6 Å². The Kier molecular flexibility index (Phi) is 3.74. The third-order valence-corrected chi connectivity index (χ3v) is 1.31. The van der Waals surface area contributed by atoms with Gasteiger partial charge in [-0.05, 0) is 6.42 Å². The van der Waals surface area contributed by atoms with E-state index in [9.17, 15) is 9.59 Å². The van der Waals surface area contributed by atoms with Gasteiger partial charge in [0.15, 0.2) is 0 Å². The van der Waals surface area contributed by atoms with E-state index in [1.54, 1.807) is 0 Å². The minimum Gasteiger partial charge on any atom is -0.299 e. The molecule has 0 unspecified atom stereocenters. The van der Waals surface area contributed by atoms with Crippen molar-refractivity contribution in [2.45, 2.75) is 25.7 Å². The molecule has 9 heavy (non-hydrogen) atoms. The Morgan fingerprint density at radius 1 is 1.00 bits per heavy atom. The van der Waals surface area contributed by atoms with Crippen LogP contribution in [0.5, 0.6) is 0 Å². The second-order valence-electron chi connectivity index (χ2n) is 2.11. The molecule has 55 valence electrons. The first kappa shape index (κ1) is 8.86. The van der Waals surface area contributed by atoms with Crippen molar-refractivity contribution in [2.75, 3.05) is 0 Å². The zero-order valence-electron chi connectivity index (χ0n) is 4.95. The molecule has 1 radical (unpaired) electrons. The molecule has 0 heterocycles. The van der Waals surface area contributed by atoms with Crippen molar-refractivity contribution in [3.63, 3.8) is 0 Å². The SMILES string of the molecule is O=C1CCCC(=O)C1.[Cu]. The van der Waals surface area contributed by atoms with E-state index in [4.69, 9.17) is 0 Å². The van der Waals surface area contributed by atoms with Crippen LogP contribution in [0, 0.1) is 0 Å². The van der Waals surface area contributed by atoms with Crippen molar-refractivity contribution in [3.8, 4) is 0 Å². The first-order chi connectivity index (χ1) is 3.79. The van der Waals surface area contributed by atoms with Gasteiger partial charge in [-0.1, -0.05) is 0 Å². The van der Waals surface area contributed by atoms with Crippen LogP contribution < -0.4 is 0 Å². The summed E-state index contributed by atoms with van der Waals surface area (Å²) < 4.78 is 0. The average Bonchev–Trinajstić information content (AvgIpc) is 1.64. The van der Waals surface area contributed by atoms with Crippen LogP contribution >= 0.6 is 0 Å². The Hall–Kier alpha value is -0.141. The number of carbonyl (C=O) groups is 2. The molecule has 2 nitrogen and oxygen atoms in total. The van der Waals surface area contributed by atoms with Crippen LogP contribution in [-0.4, -0.2) is 11.6 Å². The van der Waals surface area contributed by atoms with E-state index in [0.717, 1.165) is 6.42 Å². The summed E-state index contributed by atoms with van der Waals surface area (Å²) in [6.45, 7) is 0. The van der Waals surface area contributed by atoms with E-state index in [1.807, 2.05) is 0 Å². The number of carbonyl (C=O) groups excluding carboxylic acids is 2. The number of rotatable bonds is 0. The second kappa shape index (κ2) is 3.80. The van der Waals surface area contributed by atoms with Crippen molar-refractivity contribution in [2.24, 2.45) is 0 Å². The fraction of sp³-hybridized carbons (Fsp3) is 0.667. The summed E-state index contributed by atoms with van der Waals surface area (Å²) >= 11 is 0. The van der Waals surface area contributed by atoms with Gasteiger partial charge in [0.25, 0.3) is 0 Å². The van der Waals surface area contributed by atoms with Gasteiger partial charge in [-0.3, -0.25) is 9.59 Å². The van der Waals surface area contributed by atoms with Gasteiger partial charge in [0, 0.05) is 29.9 Å². The van der Waals surface area contributed by atoms with Crippen LogP contribution in [0.25, 0.3) is 0 Å². The molecule has 0 saturated heterocycles. The molecular weight excluding hydrogens is 168 g/mol. The quantitative estimate of drug-likeness (QED) is 0.401. The summed E-state index contributed by atoms with van der Waals surface area (Å²) in [5.74, 6) is 0.225. The monoisotopic (exact) mass is 175 g/mol. The van der Waals surface area contributed by atoms with Gasteiger partial charge in [0.2, 0.25) is 0 Å². The minimum absolute atomic E-state index is 0. The minimum atomic E-state index is 0. The summed E-state index contributed by atoms with van der Waals surface area (Å²) in [5, 5.41) is 0. The molecule has 0 spiro atoms. The molecule has 0 aliphatic heterocycles. The Labute approximate surface area is 64.5 Å². The van der Waals surface area contributed by atoms with E-state index in [2.05, 4.69) is 0 Å². The molecular formula is C6H8CuO2. The topological polar surface area (TPSA) is 34.1 Å². The van der Waals surface area contributed by atoms with Gasteiger partial charge in [-0.2, -0.15) is 0 Å². The van der Waals surface area contributed by atoms with Crippen LogP contribution in [0.3, 0.4) is 0 Å². The molecule has 0 atom stereocenters. The summed E-state index contributed by atoms with van der Waals surface area (Å²) in [4.78, 5) is 20.9. The Bertz CT molecular complexity index is 117. The van der Waals surface area contributed by atoms with Crippen LogP contribution in [0.4, 0.5) is 0 Å². The molecule has 1 fully saturated rings. The predicted molar refractivity (Wildman–Crippen MR) is 28.5 cm³/mol. The first-order valence-electron chi connectivity index (χ1n) is 2.82. The van der Waals surface area contributed by atoms with Crippen LogP contribution in [0.1, 0.15) is 25.7 Å². The van der Waals surface area contributed by atoms with Gasteiger partial charge in [-0.15, -0.1) is 0 Å². The van der Waals surface area contributed by atoms with Crippen molar-refractivity contribution in [3.05, 3.63) is 0 Å². The molecule has 1 saturated carbocycles. The third-order valence-electron chi connectivity index (χ3n) is 1.31. The second-order valence-corrected chi connectivity index (χ2v) is 2.11. The maximum Gasteiger partial charge on any atom is 0.140 e. The predicted octanol–water partition coefficient (Wildman–Crippen LogP) is 0.696. The fourth-order valence-electron chi connectivity index (χ4n) is 0.879. The molecule has 0 N–H and O–H groups in total. The molecule has 0 bridgehead atoms. The largest absolute Gasteiger partial charge is 0.299 e. The fourth-order valence-corrected chi connectivity index (χ4v) is 0.879. The molecule has 1 aliphatic carbocycles. The van der Waals surface area contributed by atoms with E-state index in [1.165, 1.54) is 0 Å². The summed E-state index contributed by atoms with van der Waals surface area (Å²) in [5.41, 5.74) is 0. The van der Waals surface area contributed by atoms with Gasteiger partial charge in [-0.25, -0.2) is 0 Å². The summed E-state index contributed by atoms with van der Waals surface area (Å²) in [7, 11) is 0. The molecule has 0 aromatic heterocycles. The molecule has 3 heteroatoms. The van der Waals surface area contributed by atoms with Crippen LogP contribution in [0.15, 0.2) is 0 Å². The van der Waals surface area contributed by atoms with Gasteiger partial charge in [0.1, 0.15) is 11.6 Å². The van der Waals surface area contributed by atoms with Gasteiger partial charge in [0.05, 0.1) is 6.42 Å². The average molecular weight is 176 g/mol. The summed E-state index contributed by atoms with van der Waals surface area (Å²) in [6, 6.07) is 0. The normalized spacial score (nSPS) is 19.1.